The van der Waals surface area contributed by atoms with Gasteiger partial charge >= 0.3 is 0 Å². The van der Waals surface area contributed by atoms with Crippen molar-refractivity contribution in [1.29, 1.82) is 0 Å². The van der Waals surface area contributed by atoms with Gasteiger partial charge in [-0.1, -0.05) is 24.3 Å². The molecule has 0 atom stereocenters. The van der Waals surface area contributed by atoms with Gasteiger partial charge in [-0.2, -0.15) is 0 Å². The Balaban J connectivity index is 2.34. The Hall–Kier alpha value is -1.77. The van der Waals surface area contributed by atoms with Crippen LogP contribution in [0.15, 0.2) is 36.4 Å². The van der Waals surface area contributed by atoms with Crippen LogP contribution in [0.5, 0.6) is 0 Å². The fraction of sp³-hybridized carbons (Fsp3) is 0.308. The zero-order valence-corrected chi connectivity index (χ0v) is 9.57. The molecule has 0 saturated heterocycles. The lowest BCUT2D eigenvalue weighted by Crippen LogP contribution is -2.25. The standard InChI is InChI=1S/C13H18N2O/c1-2-3-4-8-15-13(16)10-11-6-5-7-12(14)9-11/h2-3,5-7,9H,4,8,10,14H2,1H3,(H,15,16)/b3-2+. The van der Waals surface area contributed by atoms with Gasteiger partial charge in [-0.25, -0.2) is 0 Å². The number of nitrogen functional groups attached to an aromatic ring is 1. The minimum atomic E-state index is 0.0371. The molecule has 86 valence electrons. The van der Waals surface area contributed by atoms with Crippen molar-refractivity contribution in [3.8, 4) is 0 Å². The van der Waals surface area contributed by atoms with E-state index in [-0.39, 0.29) is 5.91 Å². The molecule has 0 spiro atoms. The maximum absolute atomic E-state index is 11.5. The molecule has 0 fully saturated rings. The molecule has 0 aromatic heterocycles. The molecule has 0 aliphatic heterocycles. The number of allylic oxidation sites excluding steroid dienone is 1. The smallest absolute Gasteiger partial charge is 0.224 e. The number of nitrogens with two attached hydrogens (primary N) is 1. The summed E-state index contributed by atoms with van der Waals surface area (Å²) in [5.41, 5.74) is 7.27. The number of rotatable bonds is 5. The molecule has 3 nitrogen and oxygen atoms in total. The Morgan fingerprint density at radius 1 is 1.50 bits per heavy atom. The van der Waals surface area contributed by atoms with Gasteiger partial charge in [0.2, 0.25) is 5.91 Å². The molecule has 1 aromatic carbocycles. The van der Waals surface area contributed by atoms with Gasteiger partial charge in [-0.15, -0.1) is 0 Å². The second-order valence-corrected chi connectivity index (χ2v) is 3.63. The highest BCUT2D eigenvalue weighted by Gasteiger charge is 2.01. The average molecular weight is 218 g/mol. The number of hydrogen-bond acceptors (Lipinski definition) is 2. The van der Waals surface area contributed by atoms with Crippen LogP contribution < -0.4 is 11.1 Å². The number of amides is 1. The van der Waals surface area contributed by atoms with Gasteiger partial charge < -0.3 is 11.1 Å². The molecule has 0 saturated carbocycles. The summed E-state index contributed by atoms with van der Waals surface area (Å²) >= 11 is 0. The molecule has 16 heavy (non-hydrogen) atoms. The first-order valence-electron chi connectivity index (χ1n) is 5.44. The first-order valence-corrected chi connectivity index (χ1v) is 5.44. The van der Waals surface area contributed by atoms with Crippen molar-refractivity contribution in [3.05, 3.63) is 42.0 Å². The van der Waals surface area contributed by atoms with E-state index in [1.807, 2.05) is 43.3 Å². The molecule has 0 radical (unpaired) electrons. The molecule has 0 aliphatic carbocycles. The average Bonchev–Trinajstić information content (AvgIpc) is 2.24. The van der Waals surface area contributed by atoms with E-state index in [2.05, 4.69) is 5.32 Å². The Labute approximate surface area is 96.3 Å². The normalized spacial score (nSPS) is 10.6. The second kappa shape index (κ2) is 6.67. The van der Waals surface area contributed by atoms with Crippen LogP contribution in [0.4, 0.5) is 5.69 Å². The quantitative estimate of drug-likeness (QED) is 0.450. The van der Waals surface area contributed by atoms with E-state index in [1.165, 1.54) is 0 Å². The van der Waals surface area contributed by atoms with Gasteiger partial charge in [0, 0.05) is 12.2 Å². The number of nitrogens with one attached hydrogen (secondary N) is 1. The summed E-state index contributed by atoms with van der Waals surface area (Å²) in [5.74, 6) is 0.0371. The number of carbonyl (C=O) groups is 1. The van der Waals surface area contributed by atoms with Gasteiger partial charge in [0.15, 0.2) is 0 Å². The first-order chi connectivity index (χ1) is 7.72. The lowest BCUT2D eigenvalue weighted by Gasteiger charge is -2.04. The summed E-state index contributed by atoms with van der Waals surface area (Å²) in [6.45, 7) is 2.65. The van der Waals surface area contributed by atoms with Crippen molar-refractivity contribution in [2.75, 3.05) is 12.3 Å². The van der Waals surface area contributed by atoms with Crippen LogP contribution in [0.25, 0.3) is 0 Å². The van der Waals surface area contributed by atoms with Crippen molar-refractivity contribution in [2.45, 2.75) is 19.8 Å². The highest BCUT2D eigenvalue weighted by atomic mass is 16.1. The topological polar surface area (TPSA) is 55.1 Å². The highest BCUT2D eigenvalue weighted by Crippen LogP contribution is 2.06. The molecule has 1 rings (SSSR count). The van der Waals surface area contributed by atoms with Crippen molar-refractivity contribution in [3.63, 3.8) is 0 Å². The molecular weight excluding hydrogens is 200 g/mol. The van der Waals surface area contributed by atoms with E-state index in [9.17, 15) is 4.79 Å². The van der Waals surface area contributed by atoms with Crippen LogP contribution in [0, 0.1) is 0 Å². The fourth-order valence-corrected chi connectivity index (χ4v) is 1.41. The van der Waals surface area contributed by atoms with Gasteiger partial charge in [-0.3, -0.25) is 4.79 Å². The third-order valence-corrected chi connectivity index (χ3v) is 2.18. The summed E-state index contributed by atoms with van der Waals surface area (Å²) in [6, 6.07) is 7.40. The van der Waals surface area contributed by atoms with E-state index in [0.717, 1.165) is 12.0 Å². The molecule has 3 heteroatoms. The fourth-order valence-electron chi connectivity index (χ4n) is 1.41. The molecule has 3 N–H and O–H groups in total. The molecule has 0 unspecified atom stereocenters. The van der Waals surface area contributed by atoms with Crippen LogP contribution in [0.2, 0.25) is 0 Å². The van der Waals surface area contributed by atoms with Crippen molar-refractivity contribution in [2.24, 2.45) is 0 Å². The number of carbonyl (C=O) groups excluding carboxylic acids is 1. The third-order valence-electron chi connectivity index (χ3n) is 2.18. The van der Waals surface area contributed by atoms with Gasteiger partial charge in [0.25, 0.3) is 0 Å². The van der Waals surface area contributed by atoms with E-state index < -0.39 is 0 Å². The van der Waals surface area contributed by atoms with Gasteiger partial charge in [-0.05, 0) is 31.0 Å². The van der Waals surface area contributed by atoms with E-state index in [1.54, 1.807) is 0 Å². The predicted molar refractivity (Wildman–Crippen MR) is 67.0 cm³/mol. The van der Waals surface area contributed by atoms with Crippen LogP contribution in [0.1, 0.15) is 18.9 Å². The minimum Gasteiger partial charge on any atom is -0.399 e. The molecular formula is C13H18N2O. The zero-order valence-electron chi connectivity index (χ0n) is 9.57. The summed E-state index contributed by atoms with van der Waals surface area (Å²) in [6.07, 6.45) is 5.27. The highest BCUT2D eigenvalue weighted by molar-refractivity contribution is 5.78. The van der Waals surface area contributed by atoms with Crippen molar-refractivity contribution < 1.29 is 4.79 Å². The summed E-state index contributed by atoms with van der Waals surface area (Å²) in [5, 5.41) is 2.85. The molecule has 0 heterocycles. The maximum Gasteiger partial charge on any atom is 0.224 e. The molecule has 1 amide bonds. The number of anilines is 1. The SMILES string of the molecule is C/C=C/CCNC(=O)Cc1cccc(N)c1. The number of benzene rings is 1. The predicted octanol–water partition coefficient (Wildman–Crippen LogP) is 1.89. The lowest BCUT2D eigenvalue weighted by molar-refractivity contribution is -0.120. The molecule has 1 aromatic rings. The molecule has 0 bridgehead atoms. The second-order valence-electron chi connectivity index (χ2n) is 3.63. The Bertz CT molecular complexity index is 372. The summed E-state index contributed by atoms with van der Waals surface area (Å²) in [7, 11) is 0. The lowest BCUT2D eigenvalue weighted by atomic mass is 10.1. The van der Waals surface area contributed by atoms with E-state index in [4.69, 9.17) is 5.73 Å². The minimum absolute atomic E-state index is 0.0371. The van der Waals surface area contributed by atoms with Crippen LogP contribution in [-0.4, -0.2) is 12.5 Å². The first kappa shape index (κ1) is 12.3. The Kier molecular flexibility index (Phi) is 5.12. The van der Waals surface area contributed by atoms with E-state index in [0.29, 0.717) is 18.7 Å². The summed E-state index contributed by atoms with van der Waals surface area (Å²) in [4.78, 5) is 11.5. The van der Waals surface area contributed by atoms with Crippen LogP contribution in [0.3, 0.4) is 0 Å². The molecule has 0 aliphatic rings. The van der Waals surface area contributed by atoms with Gasteiger partial charge in [0.1, 0.15) is 0 Å². The van der Waals surface area contributed by atoms with Crippen molar-refractivity contribution in [1.82, 2.24) is 5.32 Å². The summed E-state index contributed by atoms with van der Waals surface area (Å²) < 4.78 is 0. The van der Waals surface area contributed by atoms with Crippen LogP contribution >= 0.6 is 0 Å². The van der Waals surface area contributed by atoms with Crippen molar-refractivity contribution >= 4 is 11.6 Å². The van der Waals surface area contributed by atoms with Crippen LogP contribution in [-0.2, 0) is 11.2 Å². The Morgan fingerprint density at radius 2 is 2.31 bits per heavy atom. The monoisotopic (exact) mass is 218 g/mol. The Morgan fingerprint density at radius 3 is 3.00 bits per heavy atom. The maximum atomic E-state index is 11.5. The third kappa shape index (κ3) is 4.64. The zero-order chi connectivity index (χ0) is 11.8. The number of hydrogen-bond donors (Lipinski definition) is 2. The largest absolute Gasteiger partial charge is 0.399 e. The van der Waals surface area contributed by atoms with E-state index >= 15 is 0 Å². The van der Waals surface area contributed by atoms with Gasteiger partial charge in [0.05, 0.1) is 6.42 Å².